The number of hydrogen-bond acceptors (Lipinski definition) is 5. The van der Waals surface area contributed by atoms with Crippen molar-refractivity contribution < 1.29 is 33.0 Å². The van der Waals surface area contributed by atoms with E-state index in [-0.39, 0.29) is 44.0 Å². The topological polar surface area (TPSA) is 73.2 Å². The van der Waals surface area contributed by atoms with Gasteiger partial charge in [-0.1, -0.05) is 12.1 Å². The van der Waals surface area contributed by atoms with Crippen molar-refractivity contribution in [3.8, 4) is 0 Å². The van der Waals surface area contributed by atoms with Crippen LogP contribution in [-0.2, 0) is 16.5 Å². The predicted octanol–water partition coefficient (Wildman–Crippen LogP) is 3.23. The van der Waals surface area contributed by atoms with Crippen molar-refractivity contribution >= 4 is 6.09 Å². The van der Waals surface area contributed by atoms with Crippen LogP contribution in [-0.4, -0.2) is 59.2 Å². The van der Waals surface area contributed by atoms with Gasteiger partial charge < -0.3 is 20.0 Å². The number of hydrogen-bond donors (Lipinski definition) is 2. The maximum atomic E-state index is 12.9. The number of carbonyl (C=O) groups excluding carboxylic acids is 1. The Morgan fingerprint density at radius 1 is 1.25 bits per heavy atom. The molecule has 0 spiro atoms. The number of halogens is 3. The van der Waals surface area contributed by atoms with Crippen LogP contribution in [0.1, 0.15) is 36.8 Å². The van der Waals surface area contributed by atoms with Gasteiger partial charge in [-0.05, 0) is 43.4 Å². The Kier molecular flexibility index (Phi) is 6.16. The fourth-order valence-electron chi connectivity index (χ4n) is 3.79. The van der Waals surface area contributed by atoms with Crippen LogP contribution >= 0.6 is 0 Å². The molecule has 1 unspecified atom stereocenters. The third-order valence-electron chi connectivity index (χ3n) is 5.52. The van der Waals surface area contributed by atoms with Gasteiger partial charge in [0.15, 0.2) is 0 Å². The van der Waals surface area contributed by atoms with Crippen molar-refractivity contribution in [3.63, 3.8) is 0 Å². The molecule has 1 aromatic rings. The molecule has 1 aromatic carbocycles. The summed E-state index contributed by atoms with van der Waals surface area (Å²) in [5, 5.41) is 21.5. The average molecular weight is 402 g/mol. The minimum atomic E-state index is -4.47. The summed E-state index contributed by atoms with van der Waals surface area (Å²) >= 11 is 0. The fraction of sp³-hybridized carbons (Fsp3) is 0.632. The SMILES string of the molecule is O=C(OCC1CCCN(O)C1)N1CCC(O)(c2cccc(C(F)(F)F)c2)CC1. The maximum Gasteiger partial charge on any atom is 0.416 e. The third kappa shape index (κ3) is 4.95. The van der Waals surface area contributed by atoms with Crippen molar-refractivity contribution in [1.29, 1.82) is 0 Å². The molecule has 2 N–H and O–H groups in total. The number of amides is 1. The largest absolute Gasteiger partial charge is 0.449 e. The molecule has 0 radical (unpaired) electrons. The molecule has 156 valence electrons. The van der Waals surface area contributed by atoms with Gasteiger partial charge >= 0.3 is 12.3 Å². The van der Waals surface area contributed by atoms with Crippen LogP contribution < -0.4 is 0 Å². The molecule has 2 saturated heterocycles. The first-order valence-corrected chi connectivity index (χ1v) is 9.43. The summed E-state index contributed by atoms with van der Waals surface area (Å²) in [6, 6.07) is 4.70. The molecule has 2 fully saturated rings. The summed E-state index contributed by atoms with van der Waals surface area (Å²) in [6.07, 6.45) is -2.98. The summed E-state index contributed by atoms with van der Waals surface area (Å²) in [5.74, 6) is 0.0783. The van der Waals surface area contributed by atoms with E-state index in [1.54, 1.807) is 0 Å². The van der Waals surface area contributed by atoms with E-state index in [1.165, 1.54) is 22.1 Å². The fourth-order valence-corrected chi connectivity index (χ4v) is 3.79. The number of ether oxygens (including phenoxy) is 1. The summed E-state index contributed by atoms with van der Waals surface area (Å²) in [7, 11) is 0. The van der Waals surface area contributed by atoms with Gasteiger partial charge in [0.2, 0.25) is 0 Å². The van der Waals surface area contributed by atoms with Crippen molar-refractivity contribution in [2.24, 2.45) is 5.92 Å². The van der Waals surface area contributed by atoms with E-state index >= 15 is 0 Å². The van der Waals surface area contributed by atoms with E-state index in [1.807, 2.05) is 0 Å². The smallest absolute Gasteiger partial charge is 0.416 e. The molecular weight excluding hydrogens is 377 g/mol. The minimum absolute atomic E-state index is 0.0783. The van der Waals surface area contributed by atoms with Crippen LogP contribution in [0.2, 0.25) is 0 Å². The highest BCUT2D eigenvalue weighted by Crippen LogP contribution is 2.36. The normalized spacial score (nSPS) is 23.5. The molecule has 2 aliphatic heterocycles. The number of hydroxylamine groups is 2. The number of benzene rings is 1. The Hall–Kier alpha value is -1.84. The molecule has 0 saturated carbocycles. The monoisotopic (exact) mass is 402 g/mol. The second-order valence-electron chi connectivity index (χ2n) is 7.59. The molecule has 1 amide bonds. The van der Waals surface area contributed by atoms with E-state index < -0.39 is 23.4 Å². The van der Waals surface area contributed by atoms with Gasteiger partial charge in [-0.25, -0.2) is 4.79 Å². The van der Waals surface area contributed by atoms with Gasteiger partial charge in [-0.15, -0.1) is 0 Å². The van der Waals surface area contributed by atoms with Crippen LogP contribution in [0.4, 0.5) is 18.0 Å². The molecule has 0 aromatic heterocycles. The lowest BCUT2D eigenvalue weighted by Crippen LogP contribution is -2.46. The summed E-state index contributed by atoms with van der Waals surface area (Å²) in [4.78, 5) is 13.7. The minimum Gasteiger partial charge on any atom is -0.449 e. The van der Waals surface area contributed by atoms with Crippen molar-refractivity contribution in [2.45, 2.75) is 37.5 Å². The quantitative estimate of drug-likeness (QED) is 0.812. The Morgan fingerprint density at radius 3 is 2.61 bits per heavy atom. The first-order chi connectivity index (χ1) is 13.2. The Bertz CT molecular complexity index is 690. The number of aliphatic hydroxyl groups is 1. The van der Waals surface area contributed by atoms with Crippen LogP contribution in [0.5, 0.6) is 0 Å². The molecule has 0 bridgehead atoms. The van der Waals surface area contributed by atoms with Crippen molar-refractivity contribution in [1.82, 2.24) is 9.96 Å². The van der Waals surface area contributed by atoms with Gasteiger partial charge in [-0.2, -0.15) is 18.2 Å². The highest BCUT2D eigenvalue weighted by Gasteiger charge is 2.38. The van der Waals surface area contributed by atoms with Gasteiger partial charge in [0.1, 0.15) is 0 Å². The second kappa shape index (κ2) is 8.26. The third-order valence-corrected chi connectivity index (χ3v) is 5.52. The van der Waals surface area contributed by atoms with Gasteiger partial charge in [0.25, 0.3) is 0 Å². The van der Waals surface area contributed by atoms with E-state index in [0.29, 0.717) is 13.1 Å². The van der Waals surface area contributed by atoms with Gasteiger partial charge in [-0.3, -0.25) is 0 Å². The van der Waals surface area contributed by atoms with Crippen molar-refractivity contribution in [3.05, 3.63) is 35.4 Å². The van der Waals surface area contributed by atoms with Crippen molar-refractivity contribution in [2.75, 3.05) is 32.8 Å². The zero-order chi connectivity index (χ0) is 20.4. The maximum absolute atomic E-state index is 12.9. The Morgan fingerprint density at radius 2 is 1.96 bits per heavy atom. The standard InChI is InChI=1S/C19H25F3N2O4/c20-19(21,22)16-5-1-4-15(11-16)18(26)6-9-23(10-7-18)17(25)28-13-14-3-2-8-24(27)12-14/h1,4-5,11,14,26-27H,2-3,6-10,12-13H2. The van der Waals surface area contributed by atoms with Crippen LogP contribution in [0.3, 0.4) is 0 Å². The summed E-state index contributed by atoms with van der Waals surface area (Å²) in [5.41, 5.74) is -2.00. The lowest BCUT2D eigenvalue weighted by molar-refractivity contribution is -0.137. The molecule has 3 rings (SSSR count). The molecular formula is C19H25F3N2O4. The molecule has 6 nitrogen and oxygen atoms in total. The number of alkyl halides is 3. The summed E-state index contributed by atoms with van der Waals surface area (Å²) < 4.78 is 44.1. The van der Waals surface area contributed by atoms with E-state index in [0.717, 1.165) is 25.0 Å². The first kappa shape index (κ1) is 20.9. The zero-order valence-corrected chi connectivity index (χ0v) is 15.5. The average Bonchev–Trinajstić information content (AvgIpc) is 2.66. The molecule has 9 heteroatoms. The van der Waals surface area contributed by atoms with E-state index in [2.05, 4.69) is 0 Å². The molecule has 2 aliphatic rings. The number of piperidine rings is 2. The number of likely N-dealkylation sites (tertiary alicyclic amines) is 1. The lowest BCUT2D eigenvalue weighted by atomic mass is 9.84. The van der Waals surface area contributed by atoms with E-state index in [4.69, 9.17) is 4.74 Å². The molecule has 0 aliphatic carbocycles. The van der Waals surface area contributed by atoms with Crippen LogP contribution in [0, 0.1) is 5.92 Å². The predicted molar refractivity (Wildman–Crippen MR) is 93.6 cm³/mol. The lowest BCUT2D eigenvalue weighted by Gasteiger charge is -2.38. The van der Waals surface area contributed by atoms with Crippen LogP contribution in [0.15, 0.2) is 24.3 Å². The number of carbonyl (C=O) groups is 1. The van der Waals surface area contributed by atoms with Crippen LogP contribution in [0.25, 0.3) is 0 Å². The Balaban J connectivity index is 1.54. The second-order valence-corrected chi connectivity index (χ2v) is 7.59. The Labute approximate surface area is 161 Å². The highest BCUT2D eigenvalue weighted by molar-refractivity contribution is 5.67. The van der Waals surface area contributed by atoms with Gasteiger partial charge in [0, 0.05) is 32.1 Å². The first-order valence-electron chi connectivity index (χ1n) is 9.43. The number of rotatable bonds is 3. The summed E-state index contributed by atoms with van der Waals surface area (Å²) in [6.45, 7) is 1.68. The molecule has 1 atom stereocenters. The molecule has 28 heavy (non-hydrogen) atoms. The molecule has 2 heterocycles. The zero-order valence-electron chi connectivity index (χ0n) is 15.5. The number of nitrogens with zero attached hydrogens (tertiary/aromatic N) is 2. The van der Waals surface area contributed by atoms with Gasteiger partial charge in [0.05, 0.1) is 17.8 Å². The van der Waals surface area contributed by atoms with E-state index in [9.17, 15) is 28.3 Å². The highest BCUT2D eigenvalue weighted by atomic mass is 19.4.